The second-order valence-electron chi connectivity index (χ2n) is 6.28. The monoisotopic (exact) mass is 255 g/mol. The van der Waals surface area contributed by atoms with Gasteiger partial charge in [0.25, 0.3) is 0 Å². The fourth-order valence-electron chi connectivity index (χ4n) is 2.23. The van der Waals surface area contributed by atoms with Crippen molar-refractivity contribution in [1.29, 1.82) is 0 Å². The van der Waals surface area contributed by atoms with Gasteiger partial charge in [-0.1, -0.05) is 0 Å². The number of likely N-dealkylation sites (tertiary alicyclic amines) is 1. The first-order chi connectivity index (χ1) is 8.44. The molecule has 0 saturated carbocycles. The van der Waals surface area contributed by atoms with E-state index in [0.29, 0.717) is 12.2 Å². The number of ether oxygens (including phenoxy) is 1. The van der Waals surface area contributed by atoms with Crippen LogP contribution in [0.3, 0.4) is 0 Å². The summed E-state index contributed by atoms with van der Waals surface area (Å²) in [6.07, 6.45) is 2.63. The molecule has 2 fully saturated rings. The summed E-state index contributed by atoms with van der Waals surface area (Å²) in [5.74, 6) is 0. The van der Waals surface area contributed by atoms with Crippen LogP contribution in [0.25, 0.3) is 0 Å². The Balaban J connectivity index is 1.70. The van der Waals surface area contributed by atoms with Crippen LogP contribution >= 0.6 is 0 Å². The molecule has 18 heavy (non-hydrogen) atoms. The fraction of sp³-hybridized carbons (Fsp3) is 0.923. The molecule has 0 aromatic rings. The van der Waals surface area contributed by atoms with Crippen molar-refractivity contribution < 1.29 is 9.53 Å². The summed E-state index contributed by atoms with van der Waals surface area (Å²) in [6.45, 7) is 9.56. The van der Waals surface area contributed by atoms with Gasteiger partial charge in [0.15, 0.2) is 0 Å². The number of piperidine rings is 1. The van der Waals surface area contributed by atoms with Crippen LogP contribution in [0.1, 0.15) is 33.6 Å². The van der Waals surface area contributed by atoms with Crippen LogP contribution in [0.2, 0.25) is 0 Å². The molecule has 2 amide bonds. The van der Waals surface area contributed by atoms with E-state index in [1.165, 1.54) is 0 Å². The van der Waals surface area contributed by atoms with Gasteiger partial charge in [0.1, 0.15) is 0 Å². The van der Waals surface area contributed by atoms with Gasteiger partial charge in [0.2, 0.25) is 0 Å². The first-order valence-corrected chi connectivity index (χ1v) is 6.87. The van der Waals surface area contributed by atoms with E-state index in [2.05, 4.69) is 10.6 Å². The van der Waals surface area contributed by atoms with Crippen molar-refractivity contribution in [2.45, 2.75) is 51.4 Å². The van der Waals surface area contributed by atoms with E-state index in [1.54, 1.807) is 0 Å². The first kappa shape index (κ1) is 13.6. The second-order valence-corrected chi connectivity index (χ2v) is 6.28. The van der Waals surface area contributed by atoms with E-state index in [0.717, 1.165) is 39.0 Å². The largest absolute Gasteiger partial charge is 0.372 e. The molecule has 0 aromatic heterocycles. The van der Waals surface area contributed by atoms with E-state index >= 15 is 0 Å². The molecule has 104 valence electrons. The van der Waals surface area contributed by atoms with Crippen molar-refractivity contribution in [1.82, 2.24) is 15.5 Å². The molecule has 0 unspecified atom stereocenters. The van der Waals surface area contributed by atoms with Crippen molar-refractivity contribution in [3.8, 4) is 0 Å². The molecule has 0 bridgehead atoms. The number of hydrogen-bond donors (Lipinski definition) is 2. The molecule has 0 aromatic carbocycles. The van der Waals surface area contributed by atoms with Crippen molar-refractivity contribution in [2.75, 3.05) is 26.2 Å². The molecule has 2 heterocycles. The molecule has 0 aliphatic carbocycles. The van der Waals surface area contributed by atoms with Crippen LogP contribution in [0, 0.1) is 0 Å². The lowest BCUT2D eigenvalue weighted by Crippen LogP contribution is -2.54. The van der Waals surface area contributed by atoms with Crippen LogP contribution < -0.4 is 10.6 Å². The minimum Gasteiger partial charge on any atom is -0.372 e. The second kappa shape index (κ2) is 5.45. The molecule has 2 aliphatic heterocycles. The third-order valence-corrected chi connectivity index (χ3v) is 3.34. The van der Waals surface area contributed by atoms with Gasteiger partial charge in [0, 0.05) is 31.7 Å². The van der Waals surface area contributed by atoms with Gasteiger partial charge >= 0.3 is 6.03 Å². The molecule has 0 atom stereocenters. The summed E-state index contributed by atoms with van der Waals surface area (Å²) in [5.41, 5.74) is -0.165. The number of nitrogens with zero attached hydrogens (tertiary/aromatic N) is 1. The summed E-state index contributed by atoms with van der Waals surface area (Å²) in [7, 11) is 0. The molecule has 0 radical (unpaired) electrons. The zero-order chi connectivity index (χ0) is 13.2. The number of carbonyl (C=O) groups excluding carboxylic acids is 1. The highest BCUT2D eigenvalue weighted by molar-refractivity contribution is 5.75. The Bertz CT molecular complexity index is 289. The van der Waals surface area contributed by atoms with Crippen LogP contribution in [0.4, 0.5) is 4.79 Å². The summed E-state index contributed by atoms with van der Waals surface area (Å²) in [4.78, 5) is 13.9. The number of urea groups is 1. The average Bonchev–Trinajstić information content (AvgIpc) is 2.22. The molecular weight excluding hydrogens is 230 g/mol. The van der Waals surface area contributed by atoms with E-state index in [4.69, 9.17) is 4.74 Å². The minimum absolute atomic E-state index is 0.0475. The lowest BCUT2D eigenvalue weighted by molar-refractivity contribution is -0.0580. The van der Waals surface area contributed by atoms with Gasteiger partial charge in [-0.2, -0.15) is 0 Å². The minimum atomic E-state index is -0.165. The molecule has 2 saturated heterocycles. The Morgan fingerprint density at radius 1 is 1.22 bits per heavy atom. The highest BCUT2D eigenvalue weighted by Crippen LogP contribution is 2.17. The zero-order valence-electron chi connectivity index (χ0n) is 11.7. The Labute approximate surface area is 109 Å². The van der Waals surface area contributed by atoms with Gasteiger partial charge in [-0.15, -0.1) is 0 Å². The van der Waals surface area contributed by atoms with Crippen LogP contribution in [0.5, 0.6) is 0 Å². The number of carbonyl (C=O) groups is 1. The summed E-state index contributed by atoms with van der Waals surface area (Å²) in [5, 5.41) is 6.21. The van der Waals surface area contributed by atoms with Crippen molar-refractivity contribution >= 4 is 6.03 Å². The predicted octanol–water partition coefficient (Wildman–Crippen LogP) is 0.947. The third-order valence-electron chi connectivity index (χ3n) is 3.34. The summed E-state index contributed by atoms with van der Waals surface area (Å²) in [6, 6.07) is 0.0475. The number of nitrogens with one attached hydrogen (secondary N) is 2. The number of amides is 2. The van der Waals surface area contributed by atoms with Crippen LogP contribution in [-0.2, 0) is 4.74 Å². The Morgan fingerprint density at radius 2 is 1.83 bits per heavy atom. The maximum Gasteiger partial charge on any atom is 0.317 e. The molecule has 5 nitrogen and oxygen atoms in total. The topological polar surface area (TPSA) is 53.6 Å². The highest BCUT2D eigenvalue weighted by atomic mass is 16.5. The predicted molar refractivity (Wildman–Crippen MR) is 70.6 cm³/mol. The lowest BCUT2D eigenvalue weighted by atomic mass is 10.1. The standard InChI is InChI=1S/C13H25N3O2/c1-13(2,3)15-12(17)16-6-4-10(5-7-16)18-11-8-14-9-11/h10-11,14H,4-9H2,1-3H3,(H,15,17). The van der Waals surface area contributed by atoms with Gasteiger partial charge in [0.05, 0.1) is 12.2 Å². The highest BCUT2D eigenvalue weighted by Gasteiger charge is 2.28. The maximum absolute atomic E-state index is 12.0. The zero-order valence-corrected chi connectivity index (χ0v) is 11.7. The van der Waals surface area contributed by atoms with Gasteiger partial charge in [-0.05, 0) is 33.6 Å². The molecule has 5 heteroatoms. The average molecular weight is 255 g/mol. The van der Waals surface area contributed by atoms with E-state index in [1.807, 2.05) is 25.7 Å². The summed E-state index contributed by atoms with van der Waals surface area (Å²) < 4.78 is 5.94. The SMILES string of the molecule is CC(C)(C)NC(=O)N1CCC(OC2CNC2)CC1. The van der Waals surface area contributed by atoms with E-state index in [-0.39, 0.29) is 11.6 Å². The molecule has 2 aliphatic rings. The molecule has 2 N–H and O–H groups in total. The van der Waals surface area contributed by atoms with Crippen molar-refractivity contribution in [3.63, 3.8) is 0 Å². The molecule has 2 rings (SSSR count). The van der Waals surface area contributed by atoms with E-state index < -0.39 is 0 Å². The first-order valence-electron chi connectivity index (χ1n) is 6.87. The van der Waals surface area contributed by atoms with E-state index in [9.17, 15) is 4.79 Å². The molecule has 0 spiro atoms. The normalized spacial score (nSPS) is 22.7. The third kappa shape index (κ3) is 3.85. The van der Waals surface area contributed by atoms with Crippen molar-refractivity contribution in [3.05, 3.63) is 0 Å². The van der Waals surface area contributed by atoms with Gasteiger partial charge in [-0.3, -0.25) is 0 Å². The molecular formula is C13H25N3O2. The van der Waals surface area contributed by atoms with Crippen molar-refractivity contribution in [2.24, 2.45) is 0 Å². The number of rotatable bonds is 2. The van der Waals surface area contributed by atoms with Gasteiger partial charge < -0.3 is 20.3 Å². The summed E-state index contributed by atoms with van der Waals surface area (Å²) >= 11 is 0. The quantitative estimate of drug-likeness (QED) is 0.772. The fourth-order valence-corrected chi connectivity index (χ4v) is 2.23. The smallest absolute Gasteiger partial charge is 0.317 e. The Kier molecular flexibility index (Phi) is 4.12. The number of hydrogen-bond acceptors (Lipinski definition) is 3. The van der Waals surface area contributed by atoms with Crippen LogP contribution in [-0.4, -0.2) is 54.9 Å². The Hall–Kier alpha value is -0.810. The van der Waals surface area contributed by atoms with Gasteiger partial charge in [-0.25, -0.2) is 4.79 Å². The van der Waals surface area contributed by atoms with Crippen LogP contribution in [0.15, 0.2) is 0 Å². The lowest BCUT2D eigenvalue weighted by Gasteiger charge is -2.37. The Morgan fingerprint density at radius 3 is 2.28 bits per heavy atom. The maximum atomic E-state index is 12.0.